The first-order chi connectivity index (χ1) is 5.83. The second-order valence-corrected chi connectivity index (χ2v) is 3.24. The monoisotopic (exact) mass is 225 g/mol. The van der Waals surface area contributed by atoms with Crippen molar-refractivity contribution >= 4 is 21.4 Å². The van der Waals surface area contributed by atoms with E-state index in [4.69, 9.17) is 0 Å². The third-order valence-electron chi connectivity index (χ3n) is 1.75. The Morgan fingerprint density at radius 3 is 3.17 bits per heavy atom. The van der Waals surface area contributed by atoms with Crippen molar-refractivity contribution in [3.8, 4) is 0 Å². The summed E-state index contributed by atoms with van der Waals surface area (Å²) in [6.45, 7) is 2.07. The number of halogens is 1. The van der Waals surface area contributed by atoms with Crippen LogP contribution in [0.2, 0.25) is 0 Å². The predicted octanol–water partition coefficient (Wildman–Crippen LogP) is 2.05. The molecular weight excluding hydrogens is 218 g/mol. The Morgan fingerprint density at radius 2 is 2.42 bits per heavy atom. The summed E-state index contributed by atoms with van der Waals surface area (Å²) in [5, 5.41) is 4.20. The molecule has 0 N–H and O–H groups in total. The first-order valence-corrected chi connectivity index (χ1v) is 4.60. The number of fused-ring (bicyclic) bond motifs is 1. The van der Waals surface area contributed by atoms with Crippen molar-refractivity contribution in [1.29, 1.82) is 0 Å². The quantitative estimate of drug-likeness (QED) is 0.744. The van der Waals surface area contributed by atoms with Gasteiger partial charge in [0.25, 0.3) is 0 Å². The summed E-state index contributed by atoms with van der Waals surface area (Å²) in [6, 6.07) is 3.89. The molecule has 0 aliphatic carbocycles. The smallest absolute Gasteiger partial charge is 0.134 e. The Labute approximate surface area is 78.6 Å². The molecule has 2 aromatic rings. The van der Waals surface area contributed by atoms with Crippen LogP contribution in [0.15, 0.2) is 22.9 Å². The lowest BCUT2D eigenvalue weighted by atomic mass is 10.4. The molecule has 62 valence electrons. The summed E-state index contributed by atoms with van der Waals surface area (Å²) in [5.41, 5.74) is 1.02. The van der Waals surface area contributed by atoms with E-state index in [0.29, 0.717) is 0 Å². The molecular formula is C8H8BrN3. The molecule has 0 radical (unpaired) electrons. The molecule has 3 nitrogen and oxygen atoms in total. The number of hydrogen-bond donors (Lipinski definition) is 0. The summed E-state index contributed by atoms with van der Waals surface area (Å²) in [4.78, 5) is 4.33. The molecule has 0 aliphatic rings. The number of aromatic nitrogens is 3. The van der Waals surface area contributed by atoms with Crippen molar-refractivity contribution in [2.75, 3.05) is 0 Å². The molecule has 12 heavy (non-hydrogen) atoms. The Kier molecular flexibility index (Phi) is 1.84. The van der Waals surface area contributed by atoms with Gasteiger partial charge in [0, 0.05) is 12.6 Å². The molecule has 2 rings (SSSR count). The van der Waals surface area contributed by atoms with Gasteiger partial charge in [0.2, 0.25) is 0 Å². The second-order valence-electron chi connectivity index (χ2n) is 2.49. The molecule has 0 aliphatic heterocycles. The number of aryl methyl sites for hydroxylation is 1. The largest absolute Gasteiger partial charge is 0.224 e. The molecule has 0 aromatic carbocycles. The zero-order chi connectivity index (χ0) is 8.55. The van der Waals surface area contributed by atoms with Gasteiger partial charge in [-0.15, -0.1) is 0 Å². The zero-order valence-electron chi connectivity index (χ0n) is 6.66. The lowest BCUT2D eigenvalue weighted by Gasteiger charge is -1.93. The van der Waals surface area contributed by atoms with Crippen molar-refractivity contribution in [1.82, 2.24) is 14.6 Å². The Bertz CT molecular complexity index is 408. The maximum atomic E-state index is 4.33. The summed E-state index contributed by atoms with van der Waals surface area (Å²) >= 11 is 3.39. The molecule has 0 spiro atoms. The third kappa shape index (κ3) is 1.03. The Hall–Kier alpha value is -0.900. The summed E-state index contributed by atoms with van der Waals surface area (Å²) < 4.78 is 2.72. The normalized spacial score (nSPS) is 10.8. The minimum absolute atomic E-state index is 0.868. The second kappa shape index (κ2) is 2.86. The first-order valence-electron chi connectivity index (χ1n) is 3.81. The van der Waals surface area contributed by atoms with E-state index in [1.807, 2.05) is 16.6 Å². The van der Waals surface area contributed by atoms with Crippen LogP contribution in [0.25, 0.3) is 5.52 Å². The lowest BCUT2D eigenvalue weighted by molar-refractivity contribution is 0.827. The molecule has 2 heterocycles. The fraction of sp³-hybridized carbons (Fsp3) is 0.250. The SMILES string of the molecule is CCc1nc(Br)c2cccnn12. The molecule has 0 fully saturated rings. The van der Waals surface area contributed by atoms with Crippen molar-refractivity contribution in [3.63, 3.8) is 0 Å². The van der Waals surface area contributed by atoms with Crippen LogP contribution in [0.1, 0.15) is 12.7 Å². The van der Waals surface area contributed by atoms with Gasteiger partial charge in [0.15, 0.2) is 0 Å². The molecule has 0 saturated heterocycles. The van der Waals surface area contributed by atoms with Crippen molar-refractivity contribution in [2.45, 2.75) is 13.3 Å². The van der Waals surface area contributed by atoms with Crippen LogP contribution in [-0.2, 0) is 6.42 Å². The zero-order valence-corrected chi connectivity index (χ0v) is 8.24. The molecule has 0 amide bonds. The Morgan fingerprint density at radius 1 is 1.58 bits per heavy atom. The topological polar surface area (TPSA) is 30.2 Å². The van der Waals surface area contributed by atoms with Crippen LogP contribution < -0.4 is 0 Å². The molecule has 0 atom stereocenters. The first kappa shape index (κ1) is 7.73. The van der Waals surface area contributed by atoms with Gasteiger partial charge in [-0.2, -0.15) is 5.10 Å². The highest BCUT2D eigenvalue weighted by Gasteiger charge is 2.06. The average Bonchev–Trinajstić information content (AvgIpc) is 2.44. The van der Waals surface area contributed by atoms with Crippen LogP contribution in [0.4, 0.5) is 0 Å². The van der Waals surface area contributed by atoms with Gasteiger partial charge < -0.3 is 0 Å². The number of hydrogen-bond acceptors (Lipinski definition) is 2. The summed E-state index contributed by atoms with van der Waals surface area (Å²) in [7, 11) is 0. The van der Waals surface area contributed by atoms with E-state index in [9.17, 15) is 0 Å². The highest BCUT2D eigenvalue weighted by Crippen LogP contribution is 2.17. The molecule has 0 saturated carbocycles. The van der Waals surface area contributed by atoms with E-state index in [-0.39, 0.29) is 0 Å². The minimum atomic E-state index is 0.868. The van der Waals surface area contributed by atoms with Crippen LogP contribution in [0.3, 0.4) is 0 Å². The lowest BCUT2D eigenvalue weighted by Crippen LogP contribution is -1.95. The van der Waals surface area contributed by atoms with Gasteiger partial charge in [-0.3, -0.25) is 0 Å². The van der Waals surface area contributed by atoms with E-state index in [2.05, 4.69) is 32.9 Å². The summed E-state index contributed by atoms with van der Waals surface area (Å²) in [6.07, 6.45) is 2.66. The van der Waals surface area contributed by atoms with Crippen molar-refractivity contribution < 1.29 is 0 Å². The Balaban J connectivity index is 2.82. The molecule has 0 unspecified atom stereocenters. The van der Waals surface area contributed by atoms with E-state index in [0.717, 1.165) is 22.4 Å². The van der Waals surface area contributed by atoms with Gasteiger partial charge >= 0.3 is 0 Å². The molecule has 2 aromatic heterocycles. The van der Waals surface area contributed by atoms with E-state index in [1.54, 1.807) is 6.20 Å². The van der Waals surface area contributed by atoms with Crippen molar-refractivity contribution in [2.24, 2.45) is 0 Å². The summed E-state index contributed by atoms with van der Waals surface area (Å²) in [5.74, 6) is 0.984. The van der Waals surface area contributed by atoms with Gasteiger partial charge in [0.05, 0.1) is 5.52 Å². The maximum Gasteiger partial charge on any atom is 0.134 e. The number of rotatable bonds is 1. The van der Waals surface area contributed by atoms with Gasteiger partial charge in [-0.1, -0.05) is 6.92 Å². The van der Waals surface area contributed by atoms with Crippen LogP contribution in [-0.4, -0.2) is 14.6 Å². The van der Waals surface area contributed by atoms with Crippen LogP contribution in [0.5, 0.6) is 0 Å². The standard InChI is InChI=1S/C8H8BrN3/c1-2-7-11-8(9)6-4-3-5-10-12(6)7/h3-5H,2H2,1H3. The van der Waals surface area contributed by atoms with Crippen LogP contribution in [0, 0.1) is 0 Å². The third-order valence-corrected chi connectivity index (χ3v) is 2.33. The van der Waals surface area contributed by atoms with E-state index < -0.39 is 0 Å². The minimum Gasteiger partial charge on any atom is -0.224 e. The number of imidazole rings is 1. The van der Waals surface area contributed by atoms with E-state index >= 15 is 0 Å². The van der Waals surface area contributed by atoms with Gasteiger partial charge in [-0.25, -0.2) is 9.50 Å². The highest BCUT2D eigenvalue weighted by molar-refractivity contribution is 9.10. The van der Waals surface area contributed by atoms with Gasteiger partial charge in [-0.05, 0) is 28.1 Å². The van der Waals surface area contributed by atoms with Crippen LogP contribution >= 0.6 is 15.9 Å². The number of nitrogens with zero attached hydrogens (tertiary/aromatic N) is 3. The maximum absolute atomic E-state index is 4.33. The average molecular weight is 226 g/mol. The molecule has 0 bridgehead atoms. The van der Waals surface area contributed by atoms with E-state index in [1.165, 1.54) is 0 Å². The predicted molar refractivity (Wildman–Crippen MR) is 50.1 cm³/mol. The fourth-order valence-corrected chi connectivity index (χ4v) is 1.69. The van der Waals surface area contributed by atoms with Crippen molar-refractivity contribution in [3.05, 3.63) is 28.8 Å². The highest BCUT2D eigenvalue weighted by atomic mass is 79.9. The van der Waals surface area contributed by atoms with Gasteiger partial charge in [0.1, 0.15) is 10.4 Å². The fourth-order valence-electron chi connectivity index (χ4n) is 1.18. The molecule has 4 heteroatoms.